The summed E-state index contributed by atoms with van der Waals surface area (Å²) in [7, 11) is 0. The van der Waals surface area contributed by atoms with Crippen molar-refractivity contribution in [3.63, 3.8) is 0 Å². The van der Waals surface area contributed by atoms with E-state index in [4.69, 9.17) is 0 Å². The van der Waals surface area contributed by atoms with E-state index < -0.39 is 17.5 Å². The number of amides is 2. The lowest BCUT2D eigenvalue weighted by Crippen LogP contribution is -2.27. The van der Waals surface area contributed by atoms with Crippen LogP contribution in [0, 0.1) is 25.5 Å². The molecule has 0 saturated heterocycles. The zero-order valence-electron chi connectivity index (χ0n) is 16.6. The number of hydrogen-bond acceptors (Lipinski definition) is 4. The van der Waals surface area contributed by atoms with E-state index >= 15 is 0 Å². The van der Waals surface area contributed by atoms with Crippen LogP contribution in [0.4, 0.5) is 14.5 Å². The minimum Gasteiger partial charge on any atom is -0.350 e. The SMILES string of the molecule is Cc1cn(CCNC(=O)c2ccc(C)c(NC(=O)Cc3ccc(F)cc3F)c2)nn1. The van der Waals surface area contributed by atoms with Gasteiger partial charge in [-0.05, 0) is 43.2 Å². The maximum atomic E-state index is 13.8. The summed E-state index contributed by atoms with van der Waals surface area (Å²) in [6.45, 7) is 4.45. The van der Waals surface area contributed by atoms with Crippen molar-refractivity contribution >= 4 is 17.5 Å². The smallest absolute Gasteiger partial charge is 0.251 e. The number of carbonyl (C=O) groups excluding carboxylic acids is 2. The molecular weight excluding hydrogens is 392 g/mol. The van der Waals surface area contributed by atoms with Crippen molar-refractivity contribution in [1.82, 2.24) is 20.3 Å². The molecule has 0 fully saturated rings. The number of rotatable bonds is 7. The summed E-state index contributed by atoms with van der Waals surface area (Å²) in [5, 5.41) is 13.3. The first-order valence-corrected chi connectivity index (χ1v) is 9.31. The summed E-state index contributed by atoms with van der Waals surface area (Å²) in [6, 6.07) is 7.99. The second-order valence-corrected chi connectivity index (χ2v) is 6.87. The van der Waals surface area contributed by atoms with Gasteiger partial charge in [0.05, 0.1) is 18.7 Å². The van der Waals surface area contributed by atoms with Crippen LogP contribution in [0.2, 0.25) is 0 Å². The predicted molar refractivity (Wildman–Crippen MR) is 107 cm³/mol. The maximum absolute atomic E-state index is 13.8. The van der Waals surface area contributed by atoms with E-state index in [0.29, 0.717) is 24.3 Å². The second kappa shape index (κ2) is 9.25. The molecule has 7 nitrogen and oxygen atoms in total. The topological polar surface area (TPSA) is 88.9 Å². The van der Waals surface area contributed by atoms with E-state index in [2.05, 4.69) is 20.9 Å². The number of anilines is 1. The molecule has 3 rings (SSSR count). The van der Waals surface area contributed by atoms with Crippen LogP contribution in [-0.4, -0.2) is 33.4 Å². The molecule has 0 radical (unpaired) electrons. The molecule has 3 aromatic rings. The molecule has 1 heterocycles. The number of carbonyl (C=O) groups is 2. The molecule has 2 amide bonds. The molecule has 0 aliphatic carbocycles. The van der Waals surface area contributed by atoms with Gasteiger partial charge in [-0.1, -0.05) is 17.3 Å². The molecule has 30 heavy (non-hydrogen) atoms. The number of nitrogens with zero attached hydrogens (tertiary/aromatic N) is 3. The van der Waals surface area contributed by atoms with Crippen LogP contribution in [0.5, 0.6) is 0 Å². The fraction of sp³-hybridized carbons (Fsp3) is 0.238. The third-order valence-electron chi connectivity index (χ3n) is 4.42. The van der Waals surface area contributed by atoms with E-state index in [1.807, 2.05) is 6.92 Å². The van der Waals surface area contributed by atoms with Crippen molar-refractivity contribution in [2.75, 3.05) is 11.9 Å². The van der Waals surface area contributed by atoms with E-state index in [1.54, 1.807) is 36.0 Å². The van der Waals surface area contributed by atoms with Crippen molar-refractivity contribution in [3.8, 4) is 0 Å². The lowest BCUT2D eigenvalue weighted by Gasteiger charge is -2.11. The molecule has 156 valence electrons. The Morgan fingerprint density at radius 2 is 1.90 bits per heavy atom. The molecule has 0 aliphatic heterocycles. The van der Waals surface area contributed by atoms with Gasteiger partial charge in [0.25, 0.3) is 5.91 Å². The number of aromatic nitrogens is 3. The average molecular weight is 413 g/mol. The van der Waals surface area contributed by atoms with E-state index in [9.17, 15) is 18.4 Å². The zero-order chi connectivity index (χ0) is 21.7. The van der Waals surface area contributed by atoms with Crippen LogP contribution in [0.15, 0.2) is 42.6 Å². The van der Waals surface area contributed by atoms with Gasteiger partial charge >= 0.3 is 0 Å². The highest BCUT2D eigenvalue weighted by Crippen LogP contribution is 2.18. The lowest BCUT2D eigenvalue weighted by molar-refractivity contribution is -0.115. The Hall–Kier alpha value is -3.62. The number of halogens is 2. The highest BCUT2D eigenvalue weighted by atomic mass is 19.1. The molecule has 0 unspecified atom stereocenters. The van der Waals surface area contributed by atoms with Crippen molar-refractivity contribution < 1.29 is 18.4 Å². The quantitative estimate of drug-likeness (QED) is 0.623. The molecule has 0 aliphatic rings. The first kappa shape index (κ1) is 21.1. The molecule has 0 atom stereocenters. The highest BCUT2D eigenvalue weighted by Gasteiger charge is 2.13. The van der Waals surface area contributed by atoms with E-state index in [0.717, 1.165) is 23.4 Å². The average Bonchev–Trinajstić information content (AvgIpc) is 3.11. The molecule has 2 N–H and O–H groups in total. The minimum absolute atomic E-state index is 0.0869. The first-order valence-electron chi connectivity index (χ1n) is 9.31. The number of nitrogens with one attached hydrogen (secondary N) is 2. The van der Waals surface area contributed by atoms with Crippen LogP contribution in [0.25, 0.3) is 0 Å². The summed E-state index contributed by atoms with van der Waals surface area (Å²) >= 11 is 0. The summed E-state index contributed by atoms with van der Waals surface area (Å²) in [6.07, 6.45) is 1.52. The highest BCUT2D eigenvalue weighted by molar-refractivity contribution is 5.98. The molecule has 0 saturated carbocycles. The first-order chi connectivity index (χ1) is 14.3. The summed E-state index contributed by atoms with van der Waals surface area (Å²) in [5.41, 5.74) is 2.45. The lowest BCUT2D eigenvalue weighted by atomic mass is 10.1. The van der Waals surface area contributed by atoms with Gasteiger partial charge in [0.2, 0.25) is 5.91 Å². The Labute approximate surface area is 172 Å². The third-order valence-corrected chi connectivity index (χ3v) is 4.42. The van der Waals surface area contributed by atoms with Crippen molar-refractivity contribution in [1.29, 1.82) is 0 Å². The fourth-order valence-electron chi connectivity index (χ4n) is 2.82. The number of aryl methyl sites for hydroxylation is 2. The van der Waals surface area contributed by atoms with Crippen LogP contribution in [0.1, 0.15) is 27.2 Å². The summed E-state index contributed by atoms with van der Waals surface area (Å²) in [4.78, 5) is 24.7. The Bertz CT molecular complexity index is 1080. The zero-order valence-corrected chi connectivity index (χ0v) is 16.6. The Kier molecular flexibility index (Phi) is 6.51. The van der Waals surface area contributed by atoms with Crippen molar-refractivity contribution in [2.45, 2.75) is 26.8 Å². The number of benzene rings is 2. The fourth-order valence-corrected chi connectivity index (χ4v) is 2.82. The standard InChI is InChI=1S/C21H21F2N5O2/c1-13-3-4-16(21(30)24-7-8-28-12-14(2)26-27-28)9-19(13)25-20(29)10-15-5-6-17(22)11-18(15)23/h3-6,9,11-12H,7-8,10H2,1-2H3,(H,24,30)(H,25,29). The normalized spacial score (nSPS) is 10.7. The molecule has 2 aromatic carbocycles. The van der Waals surface area contributed by atoms with Crippen molar-refractivity contribution in [3.05, 3.63) is 76.6 Å². The van der Waals surface area contributed by atoms with Gasteiger partial charge in [-0.2, -0.15) is 0 Å². The molecule has 0 spiro atoms. The molecule has 1 aromatic heterocycles. The van der Waals surface area contributed by atoms with Crippen molar-refractivity contribution in [2.24, 2.45) is 0 Å². The molecular formula is C21H21F2N5O2. The maximum Gasteiger partial charge on any atom is 0.251 e. The largest absolute Gasteiger partial charge is 0.350 e. The van der Waals surface area contributed by atoms with E-state index in [1.165, 1.54) is 6.07 Å². The Balaban J connectivity index is 1.60. The van der Waals surface area contributed by atoms with Gasteiger partial charge in [-0.25, -0.2) is 8.78 Å². The Morgan fingerprint density at radius 3 is 2.60 bits per heavy atom. The van der Waals surface area contributed by atoms with Gasteiger partial charge in [-0.3, -0.25) is 14.3 Å². The van der Waals surface area contributed by atoms with Gasteiger partial charge in [0.15, 0.2) is 0 Å². The van der Waals surface area contributed by atoms with E-state index in [-0.39, 0.29) is 17.9 Å². The monoisotopic (exact) mass is 413 g/mol. The molecule has 0 bridgehead atoms. The van der Waals surface area contributed by atoms with Crippen LogP contribution in [0.3, 0.4) is 0 Å². The molecule has 9 heteroatoms. The predicted octanol–water partition coefficient (Wildman–Crippen LogP) is 2.78. The van der Waals surface area contributed by atoms with Gasteiger partial charge in [0, 0.05) is 30.1 Å². The van der Waals surface area contributed by atoms with Crippen LogP contribution < -0.4 is 10.6 Å². The van der Waals surface area contributed by atoms with Crippen LogP contribution in [-0.2, 0) is 17.8 Å². The second-order valence-electron chi connectivity index (χ2n) is 6.87. The van der Waals surface area contributed by atoms with Gasteiger partial charge in [-0.15, -0.1) is 5.10 Å². The minimum atomic E-state index is -0.780. The number of hydrogen-bond donors (Lipinski definition) is 2. The van der Waals surface area contributed by atoms with Gasteiger partial charge in [0.1, 0.15) is 11.6 Å². The summed E-state index contributed by atoms with van der Waals surface area (Å²) in [5.74, 6) is -2.25. The third kappa shape index (κ3) is 5.47. The summed E-state index contributed by atoms with van der Waals surface area (Å²) < 4.78 is 28.4. The Morgan fingerprint density at radius 1 is 1.10 bits per heavy atom. The van der Waals surface area contributed by atoms with Gasteiger partial charge < -0.3 is 10.6 Å². The van der Waals surface area contributed by atoms with Crippen LogP contribution >= 0.6 is 0 Å².